The van der Waals surface area contributed by atoms with Gasteiger partial charge in [0.15, 0.2) is 5.72 Å². The quantitative estimate of drug-likeness (QED) is 0.0138. The van der Waals surface area contributed by atoms with E-state index in [1.807, 2.05) is 66.1 Å². The highest BCUT2D eigenvalue weighted by molar-refractivity contribution is 6.35. The Balaban J connectivity index is 0.723. The Hall–Kier alpha value is -8.89. The molecule has 2 fully saturated rings. The molecule has 1 unspecified atom stereocenters. The third-order valence-corrected chi connectivity index (χ3v) is 19.2. The number of benzene rings is 4. The number of carboxylic acids is 1. The Morgan fingerprint density at radius 3 is 2.23 bits per heavy atom. The summed E-state index contributed by atoms with van der Waals surface area (Å²) in [6.07, 6.45) is -1.96. The van der Waals surface area contributed by atoms with Crippen LogP contribution in [-0.2, 0) is 76.7 Å². The van der Waals surface area contributed by atoms with E-state index in [9.17, 15) is 53.7 Å². The van der Waals surface area contributed by atoms with Crippen LogP contribution >= 0.6 is 11.6 Å². The topological polar surface area (TPSA) is 316 Å². The largest absolute Gasteiger partial charge is 0.495 e. The zero-order valence-electron chi connectivity index (χ0n) is 57.2. The number of aromatic nitrogens is 1. The number of aliphatic hydroxyl groups is 2. The highest BCUT2D eigenvalue weighted by Gasteiger charge is 2.63. The van der Waals surface area contributed by atoms with Gasteiger partial charge in [-0.2, -0.15) is 0 Å². The molecule has 6 N–H and O–H groups in total. The van der Waals surface area contributed by atoms with E-state index in [4.69, 9.17) is 44.8 Å². The monoisotopic (exact) mass is 1390 g/mol. The minimum atomic E-state index is -2.16. The van der Waals surface area contributed by atoms with E-state index < -0.39 is 101 Å². The van der Waals surface area contributed by atoms with Crippen LogP contribution < -0.4 is 25.6 Å². The van der Waals surface area contributed by atoms with Gasteiger partial charge in [0.2, 0.25) is 23.6 Å². The fourth-order valence-corrected chi connectivity index (χ4v) is 13.4. The predicted octanol–water partition coefficient (Wildman–Crippen LogP) is 7.17. The fraction of sp³-hybridized carbons (Fsp3) is 0.472. The van der Waals surface area contributed by atoms with Crippen molar-refractivity contribution in [1.82, 2.24) is 35.4 Å². The molecule has 99 heavy (non-hydrogen) atoms. The van der Waals surface area contributed by atoms with E-state index in [1.165, 1.54) is 49.0 Å². The molecule has 1 aromatic heterocycles. The molecule has 6 amide bonds. The second-order valence-electron chi connectivity index (χ2n) is 26.0. The molecular formula is C72H89ClN8O18. The minimum Gasteiger partial charge on any atom is -0.495 e. The molecule has 5 heterocycles. The van der Waals surface area contributed by atoms with Crippen molar-refractivity contribution in [2.24, 2.45) is 0 Å². The first-order valence-electron chi connectivity index (χ1n) is 33.0. The van der Waals surface area contributed by atoms with Crippen LogP contribution in [0.3, 0.4) is 0 Å². The number of aliphatic hydroxyl groups excluding tert-OH is 1. The van der Waals surface area contributed by atoms with Crippen molar-refractivity contribution < 1.29 is 86.8 Å². The van der Waals surface area contributed by atoms with E-state index >= 15 is 0 Å². The maximum absolute atomic E-state index is 14.4. The van der Waals surface area contributed by atoms with E-state index in [2.05, 4.69) is 40.2 Å². The lowest BCUT2D eigenvalue weighted by Crippen LogP contribution is -2.72. The first-order valence-corrected chi connectivity index (χ1v) is 33.3. The number of alkyl carbamates (subject to hydrolysis) is 1. The van der Waals surface area contributed by atoms with Gasteiger partial charge in [-0.1, -0.05) is 102 Å². The molecule has 5 aromatic rings. The molecule has 27 heteroatoms. The molecule has 0 spiro atoms. The van der Waals surface area contributed by atoms with Crippen molar-refractivity contribution in [3.63, 3.8) is 0 Å². The Bertz CT molecular complexity index is 3820. The van der Waals surface area contributed by atoms with Gasteiger partial charge in [-0.15, -0.1) is 0 Å². The van der Waals surface area contributed by atoms with Gasteiger partial charge in [-0.3, -0.25) is 29.3 Å². The smallest absolute Gasteiger partial charge is 0.424 e. The molecule has 4 aliphatic heterocycles. The van der Waals surface area contributed by atoms with E-state index in [-0.39, 0.29) is 102 Å². The summed E-state index contributed by atoms with van der Waals surface area (Å²) < 4.78 is 43.1. The molecule has 6 bridgehead atoms. The van der Waals surface area contributed by atoms with Crippen LogP contribution in [0.2, 0.25) is 5.02 Å². The second-order valence-corrected chi connectivity index (χ2v) is 26.4. The van der Waals surface area contributed by atoms with Crippen LogP contribution in [0.5, 0.6) is 5.75 Å². The number of halogens is 1. The third kappa shape index (κ3) is 17.8. The van der Waals surface area contributed by atoms with Gasteiger partial charge < -0.3 is 73.5 Å². The van der Waals surface area contributed by atoms with Crippen molar-refractivity contribution in [1.29, 1.82) is 0 Å². The van der Waals surface area contributed by atoms with Crippen molar-refractivity contribution in [3.8, 4) is 16.9 Å². The summed E-state index contributed by atoms with van der Waals surface area (Å²) in [5.41, 5.74) is 3.11. The summed E-state index contributed by atoms with van der Waals surface area (Å²) >= 11 is 6.81. The average Bonchev–Trinajstić information content (AvgIpc) is 1.50. The molecular weight excluding hydrogens is 1300 g/mol. The SMILES string of the molecule is COc1cc2cc(c1Cl)N(C)C(=O)C[C@H](OC(=O)[C@H](C)N(C)C(=O)CCOCCOCCNC(=O)[C@H](CCC(=O)O)NC(=O)CCn1c(CN(C)N(C)C(=O)OCC3c4ccccc4-c4ccccc43)cc3ccccc31)[C@@]1(C)CC(C)(O1)[C@@H]1C[C@@](O)(NC(=O)O1)[C@H](O)/C=C/C=C(\C)C2. The Morgan fingerprint density at radius 2 is 1.55 bits per heavy atom. The summed E-state index contributed by atoms with van der Waals surface area (Å²) in [6.45, 7) is 7.31. The molecule has 0 saturated carbocycles. The zero-order chi connectivity index (χ0) is 71.5. The second kappa shape index (κ2) is 32.4. The molecule has 532 valence electrons. The van der Waals surface area contributed by atoms with Crippen LogP contribution in [0, 0.1) is 0 Å². The Labute approximate surface area is 580 Å². The molecule has 26 nitrogen and oxygen atoms in total. The fourth-order valence-electron chi connectivity index (χ4n) is 13.1. The standard InChI is InChI=1S/C72H89ClN8O18/c1-44-17-16-24-58(82)72(92)40-60(98-68(90)76-72)71(4)43-70(3,99-71)59(39-63(85)79(7)56-36-46(35-44)37-57(93-9)65(56)73)97-67(89)45(2)78(6)62(84)28-31-94-33-34-95-32-29-74-66(88)54(25-26-64(86)87)75-61(83)27-30-81-48(38-47-18-10-15-23-55(47)81)41-77(5)80(8)69(91)96-42-53-51-21-13-11-19-49(51)50-20-12-14-22-52(50)53/h10-24,36-38,45,53-54,58-60,82,92H,25-35,39-43H2,1-9H3,(H,74,88)(H,75,83)(H,76,90)(H,86,87)/b24-16+,44-17+/t45-,54-,58+,59-,60-,70+,71?,72-/m0/s1. The number of nitrogens with zero attached hydrogens (tertiary/aromatic N) is 5. The number of fused-ring (bicyclic) bond motifs is 10. The Morgan fingerprint density at radius 1 is 0.879 bits per heavy atom. The normalized spacial score (nSPS) is 22.8. The number of allylic oxidation sites excluding steroid dienone is 3. The Kier molecular flexibility index (Phi) is 24.3. The lowest BCUT2D eigenvalue weighted by atomic mass is 9.72. The molecule has 1 aliphatic carbocycles. The van der Waals surface area contributed by atoms with E-state index in [0.29, 0.717) is 17.9 Å². The van der Waals surface area contributed by atoms with Gasteiger partial charge in [-0.05, 0) is 98.0 Å². The number of nitrogens with one attached hydrogen (secondary N) is 3. The van der Waals surface area contributed by atoms with Crippen molar-refractivity contribution in [2.75, 3.05) is 79.8 Å². The van der Waals surface area contributed by atoms with Crippen molar-refractivity contribution in [2.45, 2.75) is 145 Å². The number of hydrogen-bond donors (Lipinski definition) is 6. The van der Waals surface area contributed by atoms with Gasteiger partial charge in [0.1, 0.15) is 59.0 Å². The molecule has 2 saturated heterocycles. The number of esters is 1. The van der Waals surface area contributed by atoms with Crippen LogP contribution in [0.25, 0.3) is 22.0 Å². The highest BCUT2D eigenvalue weighted by atomic mass is 35.5. The molecule has 8 atom stereocenters. The maximum Gasteiger partial charge on any atom is 0.424 e. The number of aryl methyl sites for hydroxylation is 1. The number of rotatable bonds is 26. The predicted molar refractivity (Wildman–Crippen MR) is 365 cm³/mol. The number of ether oxygens (including phenoxy) is 7. The van der Waals surface area contributed by atoms with Gasteiger partial charge in [0.25, 0.3) is 0 Å². The number of amides is 6. The van der Waals surface area contributed by atoms with E-state index in [1.54, 1.807) is 57.2 Å². The zero-order valence-corrected chi connectivity index (χ0v) is 58.0. The summed E-state index contributed by atoms with van der Waals surface area (Å²) in [5, 5.41) is 44.3. The average molecular weight is 1390 g/mol. The number of methoxy groups -OCH3 is 1. The third-order valence-electron chi connectivity index (χ3n) is 18.8. The number of aliphatic carboxylic acids is 1. The number of carboxylic acid groups (broad SMARTS) is 1. The number of hydrogen-bond acceptors (Lipinski definition) is 18. The lowest BCUT2D eigenvalue weighted by Gasteiger charge is -2.59. The maximum atomic E-state index is 14.4. The number of hydrazine groups is 1. The highest BCUT2D eigenvalue weighted by Crippen LogP contribution is 2.51. The van der Waals surface area contributed by atoms with Crippen LogP contribution in [0.4, 0.5) is 15.3 Å². The molecule has 0 radical (unpaired) electrons. The van der Waals surface area contributed by atoms with Crippen LogP contribution in [-0.4, -0.2) is 205 Å². The lowest BCUT2D eigenvalue weighted by molar-refractivity contribution is -0.328. The van der Waals surface area contributed by atoms with Crippen molar-refractivity contribution >= 4 is 75.9 Å². The first kappa shape index (κ1) is 74.3. The van der Waals surface area contributed by atoms with Gasteiger partial charge >= 0.3 is 24.1 Å². The van der Waals surface area contributed by atoms with E-state index in [0.717, 1.165) is 50.0 Å². The first-order chi connectivity index (χ1) is 47.1. The van der Waals surface area contributed by atoms with Gasteiger partial charge in [0.05, 0.1) is 58.6 Å². The summed E-state index contributed by atoms with van der Waals surface area (Å²) in [5.74, 6) is -3.91. The van der Waals surface area contributed by atoms with Gasteiger partial charge in [-0.25, -0.2) is 24.4 Å². The molecule has 10 rings (SSSR count). The number of likely N-dealkylation sites (N-methyl/N-ethyl adjacent to an activating group) is 1. The summed E-state index contributed by atoms with van der Waals surface area (Å²) in [4.78, 5) is 110. The number of carbonyl (C=O) groups excluding carboxylic acids is 7. The molecule has 4 aromatic carbocycles. The molecule has 5 aliphatic rings. The minimum absolute atomic E-state index is 0.0127. The van der Waals surface area contributed by atoms with Crippen LogP contribution in [0.1, 0.15) is 101 Å². The van der Waals surface area contributed by atoms with Crippen molar-refractivity contribution in [3.05, 3.63) is 142 Å². The number of para-hydroxylation sites is 1. The van der Waals surface area contributed by atoms with Gasteiger partial charge in [0, 0.05) is 84.1 Å². The number of anilines is 1. The van der Waals surface area contributed by atoms with Crippen LogP contribution in [0.15, 0.2) is 115 Å². The summed E-state index contributed by atoms with van der Waals surface area (Å²) in [7, 11) is 7.78. The summed E-state index contributed by atoms with van der Waals surface area (Å²) in [6, 6.07) is 27.0. The number of carbonyl (C=O) groups is 8.